The predicted octanol–water partition coefficient (Wildman–Crippen LogP) is 7.26. The Balaban J connectivity index is 2.26. The van der Waals surface area contributed by atoms with Crippen molar-refractivity contribution in [2.24, 2.45) is 0 Å². The molecule has 4 nitrogen and oxygen atoms in total. The van der Waals surface area contributed by atoms with Gasteiger partial charge < -0.3 is 14.5 Å². The molecule has 1 N–H and O–H groups in total. The molecule has 0 spiro atoms. The molecule has 1 aliphatic rings. The molecule has 3 atom stereocenters. The van der Waals surface area contributed by atoms with E-state index < -0.39 is 31.8 Å². The lowest BCUT2D eigenvalue weighted by Gasteiger charge is -2.44. The zero-order valence-electron chi connectivity index (χ0n) is 20.5. The average Bonchev–Trinajstić information content (AvgIpc) is 2.60. The molecule has 1 fully saturated rings. The van der Waals surface area contributed by atoms with E-state index in [0.29, 0.717) is 24.8 Å². The Hall–Kier alpha value is -1.54. The topological polar surface area (TPSA) is 47.6 Å². The fourth-order valence-electron chi connectivity index (χ4n) is 3.72. The van der Waals surface area contributed by atoms with Crippen LogP contribution >= 0.6 is 0 Å². The summed E-state index contributed by atoms with van der Waals surface area (Å²) in [6.07, 6.45) is -3.25. The van der Waals surface area contributed by atoms with Crippen LogP contribution < -0.4 is 5.32 Å². The summed E-state index contributed by atoms with van der Waals surface area (Å²) in [6, 6.07) is 5.16. The number of alkyl carbamates (subject to hydrolysis) is 1. The molecule has 2 rings (SSSR count). The van der Waals surface area contributed by atoms with E-state index in [1.54, 1.807) is 26.8 Å². The maximum Gasteiger partial charge on any atom is 0.416 e. The number of rotatable bonds is 4. The van der Waals surface area contributed by atoms with Crippen molar-refractivity contribution in [1.29, 1.82) is 0 Å². The SMILES string of the molecule is CC(C)(C)OC(=O)N[C@H]1C[C@@H](c2cccc(C(F)(F)F)c2)CCC1O[Si](C)(C)C(C)(C)C. The third-order valence-electron chi connectivity index (χ3n) is 6.43. The van der Waals surface area contributed by atoms with Crippen molar-refractivity contribution in [1.82, 2.24) is 5.32 Å². The van der Waals surface area contributed by atoms with Gasteiger partial charge in [0, 0.05) is 0 Å². The third-order valence-corrected chi connectivity index (χ3v) is 10.9. The van der Waals surface area contributed by atoms with Crippen LogP contribution in [0.4, 0.5) is 18.0 Å². The summed E-state index contributed by atoms with van der Waals surface area (Å²) in [5.74, 6) is -0.100. The lowest BCUT2D eigenvalue weighted by atomic mass is 9.79. The normalized spacial score (nSPS) is 23.0. The molecule has 0 aromatic heterocycles. The lowest BCUT2D eigenvalue weighted by Crippen LogP contribution is -2.54. The Kier molecular flexibility index (Phi) is 7.82. The second-order valence-corrected chi connectivity index (χ2v) is 16.1. The molecule has 182 valence electrons. The van der Waals surface area contributed by atoms with Gasteiger partial charge in [-0.05, 0) is 75.7 Å². The highest BCUT2D eigenvalue weighted by Crippen LogP contribution is 2.42. The van der Waals surface area contributed by atoms with E-state index >= 15 is 0 Å². The molecule has 1 saturated carbocycles. The van der Waals surface area contributed by atoms with Gasteiger partial charge in [-0.2, -0.15) is 13.2 Å². The molecule has 1 aromatic rings. The summed E-state index contributed by atoms with van der Waals surface area (Å²) in [4.78, 5) is 12.5. The third kappa shape index (κ3) is 7.23. The monoisotopic (exact) mass is 473 g/mol. The number of alkyl halides is 3. The molecular weight excluding hydrogens is 435 g/mol. The molecule has 0 bridgehead atoms. The minimum absolute atomic E-state index is 0.00135. The number of nitrogens with one attached hydrogen (secondary N) is 1. The van der Waals surface area contributed by atoms with Crippen LogP contribution in [0.15, 0.2) is 24.3 Å². The summed E-state index contributed by atoms with van der Waals surface area (Å²) < 4.78 is 51.7. The van der Waals surface area contributed by atoms with Crippen LogP contribution in [0.25, 0.3) is 0 Å². The molecule has 0 heterocycles. The van der Waals surface area contributed by atoms with E-state index in [4.69, 9.17) is 9.16 Å². The fraction of sp³-hybridized carbons (Fsp3) is 0.708. The van der Waals surface area contributed by atoms with Crippen LogP contribution in [0, 0.1) is 0 Å². The van der Waals surface area contributed by atoms with Crippen molar-refractivity contribution in [3.8, 4) is 0 Å². The minimum atomic E-state index is -4.38. The van der Waals surface area contributed by atoms with Crippen molar-refractivity contribution in [2.75, 3.05) is 0 Å². The summed E-state index contributed by atoms with van der Waals surface area (Å²) in [7, 11) is -2.11. The van der Waals surface area contributed by atoms with Gasteiger partial charge in [-0.25, -0.2) is 4.79 Å². The summed E-state index contributed by atoms with van der Waals surface area (Å²) >= 11 is 0. The Bertz CT molecular complexity index is 797. The van der Waals surface area contributed by atoms with E-state index in [1.807, 2.05) is 0 Å². The van der Waals surface area contributed by atoms with Crippen molar-refractivity contribution in [3.63, 3.8) is 0 Å². The molecule has 0 aliphatic heterocycles. The highest BCUT2D eigenvalue weighted by molar-refractivity contribution is 6.74. The number of hydrogen-bond acceptors (Lipinski definition) is 3. The van der Waals surface area contributed by atoms with Gasteiger partial charge in [-0.15, -0.1) is 0 Å². The number of benzene rings is 1. The zero-order chi connectivity index (χ0) is 24.5. The van der Waals surface area contributed by atoms with Crippen LogP contribution in [0.1, 0.15) is 77.8 Å². The van der Waals surface area contributed by atoms with Gasteiger partial charge in [0.1, 0.15) is 5.60 Å². The van der Waals surface area contributed by atoms with E-state index in [0.717, 1.165) is 6.07 Å². The Morgan fingerprint density at radius 3 is 2.22 bits per heavy atom. The van der Waals surface area contributed by atoms with Gasteiger partial charge in [0.25, 0.3) is 0 Å². The quantitative estimate of drug-likeness (QED) is 0.468. The smallest absolute Gasteiger partial charge is 0.416 e. The second kappa shape index (κ2) is 9.37. The molecule has 1 aromatic carbocycles. The first-order valence-corrected chi connectivity index (χ1v) is 14.1. The first-order chi connectivity index (χ1) is 14.4. The van der Waals surface area contributed by atoms with Crippen molar-refractivity contribution in [3.05, 3.63) is 35.4 Å². The fourth-order valence-corrected chi connectivity index (χ4v) is 5.11. The number of hydrogen-bond donors (Lipinski definition) is 1. The Morgan fingerprint density at radius 2 is 1.69 bits per heavy atom. The number of carbonyl (C=O) groups excluding carboxylic acids is 1. The first kappa shape index (κ1) is 26.7. The van der Waals surface area contributed by atoms with E-state index in [-0.39, 0.29) is 23.1 Å². The number of halogens is 3. The number of amides is 1. The number of ether oxygens (including phenoxy) is 1. The molecule has 0 saturated heterocycles. The van der Waals surface area contributed by atoms with E-state index in [9.17, 15) is 18.0 Å². The van der Waals surface area contributed by atoms with Gasteiger partial charge in [0.2, 0.25) is 0 Å². The van der Waals surface area contributed by atoms with Crippen LogP contribution in [0.3, 0.4) is 0 Å². The first-order valence-electron chi connectivity index (χ1n) is 11.2. The molecule has 0 radical (unpaired) electrons. The predicted molar refractivity (Wildman–Crippen MR) is 123 cm³/mol. The van der Waals surface area contributed by atoms with Gasteiger partial charge >= 0.3 is 12.3 Å². The standard InChI is InChI=1S/C24H38F3NO3Si/c1-22(2,3)30-21(29)28-19-15-17(16-10-9-11-18(14-16)24(25,26)27)12-13-20(19)31-32(7,8)23(4,5)6/h9-11,14,17,19-20H,12-13,15H2,1-8H3,(H,28,29)/t17-,19-,20?/m0/s1. The molecule has 32 heavy (non-hydrogen) atoms. The largest absolute Gasteiger partial charge is 0.444 e. The van der Waals surface area contributed by atoms with Crippen LogP contribution in [0.2, 0.25) is 18.1 Å². The highest BCUT2D eigenvalue weighted by atomic mass is 28.4. The minimum Gasteiger partial charge on any atom is -0.444 e. The van der Waals surface area contributed by atoms with Crippen molar-refractivity contribution in [2.45, 2.75) is 109 Å². The van der Waals surface area contributed by atoms with E-state index in [1.165, 1.54) is 12.1 Å². The van der Waals surface area contributed by atoms with Crippen LogP contribution in [-0.2, 0) is 15.3 Å². The maximum absolute atomic E-state index is 13.2. The summed E-state index contributed by atoms with van der Waals surface area (Å²) in [5.41, 5.74) is -0.650. The molecule has 1 unspecified atom stereocenters. The van der Waals surface area contributed by atoms with Gasteiger partial charge in [0.15, 0.2) is 8.32 Å². The maximum atomic E-state index is 13.2. The molecular formula is C24H38F3NO3Si. The molecule has 1 amide bonds. The second-order valence-electron chi connectivity index (χ2n) is 11.3. The van der Waals surface area contributed by atoms with E-state index in [2.05, 4.69) is 39.2 Å². The summed E-state index contributed by atoms with van der Waals surface area (Å²) in [5, 5.41) is 2.96. The average molecular weight is 474 g/mol. The van der Waals surface area contributed by atoms with Gasteiger partial charge in [0.05, 0.1) is 17.7 Å². The van der Waals surface area contributed by atoms with Crippen molar-refractivity contribution >= 4 is 14.4 Å². The molecule has 1 aliphatic carbocycles. The van der Waals surface area contributed by atoms with Gasteiger partial charge in [-0.3, -0.25) is 0 Å². The zero-order valence-corrected chi connectivity index (χ0v) is 21.5. The van der Waals surface area contributed by atoms with Crippen LogP contribution in [-0.4, -0.2) is 32.2 Å². The summed E-state index contributed by atoms with van der Waals surface area (Å²) in [6.45, 7) is 16.2. The highest BCUT2D eigenvalue weighted by Gasteiger charge is 2.43. The lowest BCUT2D eigenvalue weighted by molar-refractivity contribution is -0.137. The number of carbonyl (C=O) groups is 1. The van der Waals surface area contributed by atoms with Crippen LogP contribution in [0.5, 0.6) is 0 Å². The molecule has 8 heteroatoms. The Labute approximate surface area is 191 Å². The van der Waals surface area contributed by atoms with Gasteiger partial charge in [-0.1, -0.05) is 39.0 Å². The Morgan fingerprint density at radius 1 is 1.06 bits per heavy atom. The van der Waals surface area contributed by atoms with Crippen molar-refractivity contribution < 1.29 is 27.1 Å².